The third kappa shape index (κ3) is 4.38. The van der Waals surface area contributed by atoms with E-state index in [9.17, 15) is 0 Å². The molecule has 24 heavy (non-hydrogen) atoms. The Kier molecular flexibility index (Phi) is 7.24. The molecule has 1 atom stereocenters. The van der Waals surface area contributed by atoms with Gasteiger partial charge in [-0.2, -0.15) is 11.8 Å². The molecule has 0 radical (unpaired) electrons. The number of thioether (sulfide) groups is 1. The Hall–Kier alpha value is -0.470. The van der Waals surface area contributed by atoms with E-state index in [0.29, 0.717) is 5.96 Å². The van der Waals surface area contributed by atoms with Gasteiger partial charge in [0.25, 0.3) is 0 Å². The zero-order chi connectivity index (χ0) is 16.3. The number of nitrogens with one attached hydrogen (secondary N) is 1. The number of hydrogen-bond donors (Lipinski definition) is 2. The third-order valence-corrected chi connectivity index (χ3v) is 6.47. The minimum absolute atomic E-state index is 0. The number of halogens is 1. The molecule has 3 N–H and O–H groups in total. The van der Waals surface area contributed by atoms with Gasteiger partial charge in [-0.25, -0.2) is 0 Å². The van der Waals surface area contributed by atoms with Crippen LogP contribution in [0.3, 0.4) is 0 Å². The summed E-state index contributed by atoms with van der Waals surface area (Å²) in [5.41, 5.74) is 10.4. The zero-order valence-corrected chi connectivity index (χ0v) is 17.8. The smallest absolute Gasteiger partial charge is 0.193 e. The van der Waals surface area contributed by atoms with Crippen LogP contribution in [0.1, 0.15) is 30.4 Å². The molecule has 2 aliphatic rings. The van der Waals surface area contributed by atoms with Crippen LogP contribution in [-0.2, 0) is 12.8 Å². The van der Waals surface area contributed by atoms with Crippen molar-refractivity contribution in [3.05, 3.63) is 29.3 Å². The fourth-order valence-corrected chi connectivity index (χ4v) is 5.07. The van der Waals surface area contributed by atoms with Crippen LogP contribution >= 0.6 is 35.7 Å². The average Bonchev–Trinajstić information content (AvgIpc) is 3.04. The van der Waals surface area contributed by atoms with E-state index in [2.05, 4.69) is 47.5 Å². The molecule has 1 saturated heterocycles. The summed E-state index contributed by atoms with van der Waals surface area (Å²) in [6, 6.07) is 6.48. The molecule has 1 heterocycles. The summed E-state index contributed by atoms with van der Waals surface area (Å²) in [6.07, 6.45) is 6.07. The lowest BCUT2D eigenvalue weighted by molar-refractivity contribution is 0.190. The van der Waals surface area contributed by atoms with Crippen molar-refractivity contribution < 1.29 is 0 Å². The van der Waals surface area contributed by atoms with Gasteiger partial charge >= 0.3 is 0 Å². The van der Waals surface area contributed by atoms with Gasteiger partial charge in [0.1, 0.15) is 0 Å². The Balaban J connectivity index is 0.00000208. The van der Waals surface area contributed by atoms with E-state index in [4.69, 9.17) is 5.73 Å². The van der Waals surface area contributed by atoms with Crippen LogP contribution in [0.25, 0.3) is 0 Å². The monoisotopic (exact) mass is 460 g/mol. The highest BCUT2D eigenvalue weighted by atomic mass is 127. The predicted octanol–water partition coefficient (Wildman–Crippen LogP) is 3.35. The van der Waals surface area contributed by atoms with Crippen molar-refractivity contribution >= 4 is 47.4 Å². The number of fused-ring (bicyclic) bond motifs is 1. The molecule has 1 unspecified atom stereocenters. The molecule has 0 spiro atoms. The van der Waals surface area contributed by atoms with Gasteiger partial charge in [0.2, 0.25) is 0 Å². The fourth-order valence-electron chi connectivity index (χ4n) is 3.52. The Bertz CT molecular complexity index is 582. The summed E-state index contributed by atoms with van der Waals surface area (Å²) in [6.45, 7) is 0.765. The number of aliphatic imine (C=N–C) groups is 1. The molecule has 1 aromatic rings. The fraction of sp³-hybridized carbons (Fsp3) is 0.611. The molecule has 1 fully saturated rings. The number of hydrogen-bond acceptors (Lipinski definition) is 3. The summed E-state index contributed by atoms with van der Waals surface area (Å²) in [7, 11) is 4.30. The van der Waals surface area contributed by atoms with Crippen LogP contribution in [0, 0.1) is 0 Å². The highest BCUT2D eigenvalue weighted by molar-refractivity contribution is 14.0. The van der Waals surface area contributed by atoms with Crippen molar-refractivity contribution in [2.24, 2.45) is 10.7 Å². The second-order valence-electron chi connectivity index (χ2n) is 6.90. The first kappa shape index (κ1) is 19.8. The molecule has 0 amide bonds. The molecule has 6 heteroatoms. The first-order valence-corrected chi connectivity index (χ1v) is 9.69. The minimum atomic E-state index is 0. The number of nitrogens with zero attached hydrogens (tertiary/aromatic N) is 2. The lowest BCUT2D eigenvalue weighted by atomic mass is 9.90. The second-order valence-corrected chi connectivity index (χ2v) is 8.00. The quantitative estimate of drug-likeness (QED) is 0.411. The normalized spacial score (nSPS) is 23.7. The lowest BCUT2D eigenvalue weighted by Gasteiger charge is -2.34. The number of anilines is 1. The highest BCUT2D eigenvalue weighted by Gasteiger charge is 2.36. The summed E-state index contributed by atoms with van der Waals surface area (Å²) in [4.78, 5) is 6.99. The predicted molar refractivity (Wildman–Crippen MR) is 117 cm³/mol. The van der Waals surface area contributed by atoms with Crippen LogP contribution in [0.5, 0.6) is 0 Å². The van der Waals surface area contributed by atoms with E-state index < -0.39 is 0 Å². The Morgan fingerprint density at radius 1 is 1.33 bits per heavy atom. The molecular weight excluding hydrogens is 431 g/mol. The third-order valence-electron chi connectivity index (χ3n) is 5.23. The van der Waals surface area contributed by atoms with Gasteiger partial charge in [0, 0.05) is 17.0 Å². The van der Waals surface area contributed by atoms with Crippen molar-refractivity contribution in [3.63, 3.8) is 0 Å². The van der Waals surface area contributed by atoms with E-state index in [1.165, 1.54) is 42.6 Å². The number of guanidine groups is 1. The molecule has 1 aromatic carbocycles. The van der Waals surface area contributed by atoms with Gasteiger partial charge in [0.05, 0.1) is 6.54 Å². The van der Waals surface area contributed by atoms with Crippen molar-refractivity contribution in [1.29, 1.82) is 0 Å². The van der Waals surface area contributed by atoms with Gasteiger partial charge in [-0.1, -0.05) is 12.1 Å². The molecule has 0 bridgehead atoms. The van der Waals surface area contributed by atoms with Gasteiger partial charge in [-0.3, -0.25) is 4.99 Å². The van der Waals surface area contributed by atoms with Crippen molar-refractivity contribution in [3.8, 4) is 0 Å². The zero-order valence-electron chi connectivity index (χ0n) is 14.7. The molecule has 4 nitrogen and oxygen atoms in total. The maximum Gasteiger partial charge on any atom is 0.193 e. The van der Waals surface area contributed by atoms with Gasteiger partial charge in [-0.15, -0.1) is 24.0 Å². The van der Waals surface area contributed by atoms with Gasteiger partial charge in [-0.05, 0) is 69.1 Å². The Labute approximate surface area is 167 Å². The van der Waals surface area contributed by atoms with Crippen molar-refractivity contribution in [2.45, 2.75) is 37.6 Å². The number of aryl methyl sites for hydroxylation is 1. The van der Waals surface area contributed by atoms with E-state index in [1.54, 1.807) is 0 Å². The first-order valence-electron chi connectivity index (χ1n) is 8.54. The van der Waals surface area contributed by atoms with Gasteiger partial charge in [0.15, 0.2) is 5.96 Å². The number of nitrogens with two attached hydrogens (primary N) is 1. The second kappa shape index (κ2) is 8.76. The summed E-state index contributed by atoms with van der Waals surface area (Å²) >= 11 is 2.01. The average molecular weight is 460 g/mol. The largest absolute Gasteiger partial charge is 0.370 e. The molecule has 134 valence electrons. The Morgan fingerprint density at radius 2 is 2.12 bits per heavy atom. The molecule has 1 aliphatic heterocycles. The number of likely N-dealkylation sites (N-methyl/N-ethyl adjacent to an activating group) is 1. The molecular formula is C18H29IN4S. The van der Waals surface area contributed by atoms with Gasteiger partial charge < -0.3 is 16.0 Å². The molecule has 0 saturated carbocycles. The SMILES string of the molecule is CN(C)C1(CN=C(N)Nc2cccc3c2CCCC3)CCSC1.I. The number of rotatable bonds is 4. The van der Waals surface area contributed by atoms with Crippen LogP contribution in [0.4, 0.5) is 5.69 Å². The van der Waals surface area contributed by atoms with Crippen LogP contribution in [0.2, 0.25) is 0 Å². The molecule has 0 aromatic heterocycles. The summed E-state index contributed by atoms with van der Waals surface area (Å²) < 4.78 is 0. The van der Waals surface area contributed by atoms with Crippen LogP contribution in [-0.4, -0.2) is 48.5 Å². The van der Waals surface area contributed by atoms with E-state index in [-0.39, 0.29) is 29.5 Å². The van der Waals surface area contributed by atoms with Crippen molar-refractivity contribution in [2.75, 3.05) is 37.5 Å². The maximum absolute atomic E-state index is 6.19. The van der Waals surface area contributed by atoms with Crippen LogP contribution < -0.4 is 11.1 Å². The maximum atomic E-state index is 6.19. The molecule has 1 aliphatic carbocycles. The standard InChI is InChI=1S/C18H28N4S.HI/c1-22(2)18(10-11-23-13-18)12-20-17(19)21-16-9-5-7-14-6-3-4-8-15(14)16;/h5,7,9H,3-4,6,8,10-13H2,1-2H3,(H3,19,20,21);1H. The van der Waals surface area contributed by atoms with E-state index in [1.807, 2.05) is 11.8 Å². The molecule has 3 rings (SSSR count). The Morgan fingerprint density at radius 3 is 2.83 bits per heavy atom. The summed E-state index contributed by atoms with van der Waals surface area (Å²) in [5.74, 6) is 2.90. The van der Waals surface area contributed by atoms with E-state index in [0.717, 1.165) is 24.4 Å². The topological polar surface area (TPSA) is 53.6 Å². The van der Waals surface area contributed by atoms with Crippen LogP contribution in [0.15, 0.2) is 23.2 Å². The van der Waals surface area contributed by atoms with E-state index >= 15 is 0 Å². The van der Waals surface area contributed by atoms with Crippen molar-refractivity contribution in [1.82, 2.24) is 4.90 Å². The first-order chi connectivity index (χ1) is 11.1. The lowest BCUT2D eigenvalue weighted by Crippen LogP contribution is -2.47. The summed E-state index contributed by atoms with van der Waals surface area (Å²) in [5, 5.41) is 3.35. The minimum Gasteiger partial charge on any atom is -0.370 e. The number of benzene rings is 1. The highest BCUT2D eigenvalue weighted by Crippen LogP contribution is 2.32.